The molecule has 3 N–H and O–H groups in total. The van der Waals surface area contributed by atoms with Crippen molar-refractivity contribution >= 4 is 16.7 Å². The van der Waals surface area contributed by atoms with Crippen molar-refractivity contribution in [3.63, 3.8) is 0 Å². The molecule has 3 heteroatoms. The Morgan fingerprint density at radius 2 is 1.35 bits per heavy atom. The molecule has 0 unspecified atom stereocenters. The number of fused-ring (bicyclic) bond motifs is 1. The van der Waals surface area contributed by atoms with Gasteiger partial charge in [0, 0.05) is 0 Å². The van der Waals surface area contributed by atoms with Gasteiger partial charge in [0.2, 0.25) is 0 Å². The van der Waals surface area contributed by atoms with Crippen LogP contribution in [0.5, 0.6) is 0 Å². The summed E-state index contributed by atoms with van der Waals surface area (Å²) in [5.74, 6) is -0.201. The maximum atomic E-state index is 12.3. The molecule has 0 saturated heterocycles. The van der Waals surface area contributed by atoms with Crippen molar-refractivity contribution in [2.75, 3.05) is 6.61 Å². The zero-order valence-electron chi connectivity index (χ0n) is 16.3. The van der Waals surface area contributed by atoms with E-state index < -0.39 is 0 Å². The molecular formula is C23H35NO2. The van der Waals surface area contributed by atoms with E-state index in [1.807, 2.05) is 42.5 Å². The molecule has 0 aliphatic rings. The number of carbonyl (C=O) groups excluding carboxylic acids is 1. The fourth-order valence-electron chi connectivity index (χ4n) is 3.24. The fraction of sp³-hybridized carbons (Fsp3) is 0.522. The van der Waals surface area contributed by atoms with E-state index in [1.165, 1.54) is 51.4 Å². The maximum Gasteiger partial charge on any atom is 0.338 e. The number of carbonyl (C=O) groups is 1. The summed E-state index contributed by atoms with van der Waals surface area (Å²) in [5.41, 5.74) is 0.671. The largest absolute Gasteiger partial charge is 0.462 e. The number of unbranched alkanes of at least 4 members (excludes halogenated alkanes) is 9. The average molecular weight is 358 g/mol. The Kier molecular flexibility index (Phi) is 11.4. The van der Waals surface area contributed by atoms with Crippen molar-refractivity contribution in [2.24, 2.45) is 0 Å². The first-order valence-corrected chi connectivity index (χ1v) is 9.98. The van der Waals surface area contributed by atoms with Crippen molar-refractivity contribution < 1.29 is 9.53 Å². The Balaban J connectivity index is 0.00000338. The SMILES string of the molecule is CCCCCCCCCCCCOC(=O)c1cccc2ccccc12.N. The van der Waals surface area contributed by atoms with E-state index in [2.05, 4.69) is 6.92 Å². The summed E-state index contributed by atoms with van der Waals surface area (Å²) in [6.07, 6.45) is 12.9. The topological polar surface area (TPSA) is 61.3 Å². The van der Waals surface area contributed by atoms with Gasteiger partial charge in [0.05, 0.1) is 12.2 Å². The lowest BCUT2D eigenvalue weighted by Gasteiger charge is -2.07. The molecule has 0 radical (unpaired) electrons. The highest BCUT2D eigenvalue weighted by atomic mass is 16.5. The molecule has 0 aromatic heterocycles. The first-order chi connectivity index (χ1) is 12.3. The second-order valence-electron chi connectivity index (χ2n) is 6.84. The molecule has 0 heterocycles. The zero-order chi connectivity index (χ0) is 17.7. The molecule has 2 aromatic rings. The van der Waals surface area contributed by atoms with Crippen molar-refractivity contribution in [2.45, 2.75) is 71.1 Å². The Labute approximate surface area is 158 Å². The van der Waals surface area contributed by atoms with E-state index >= 15 is 0 Å². The molecule has 3 nitrogen and oxygen atoms in total. The molecule has 0 spiro atoms. The number of ether oxygens (including phenoxy) is 1. The van der Waals surface area contributed by atoms with Crippen LogP contribution in [0.25, 0.3) is 10.8 Å². The first kappa shape index (κ1) is 22.2. The molecular weight excluding hydrogens is 322 g/mol. The Bertz CT molecular complexity index is 634. The molecule has 0 aliphatic heterocycles. The van der Waals surface area contributed by atoms with Crippen molar-refractivity contribution in [1.82, 2.24) is 6.15 Å². The van der Waals surface area contributed by atoms with Gasteiger partial charge in [0.15, 0.2) is 0 Å². The number of rotatable bonds is 12. The summed E-state index contributed by atoms with van der Waals surface area (Å²) in [5, 5.41) is 2.05. The second kappa shape index (κ2) is 13.3. The lowest BCUT2D eigenvalue weighted by atomic mass is 10.0. The Hall–Kier alpha value is -1.87. The number of hydrogen-bond donors (Lipinski definition) is 1. The molecule has 2 aromatic carbocycles. The van der Waals surface area contributed by atoms with E-state index in [0.717, 1.165) is 23.6 Å². The Morgan fingerprint density at radius 1 is 0.769 bits per heavy atom. The summed E-state index contributed by atoms with van der Waals surface area (Å²) < 4.78 is 5.47. The fourth-order valence-corrected chi connectivity index (χ4v) is 3.24. The minimum Gasteiger partial charge on any atom is -0.462 e. The van der Waals surface area contributed by atoms with Gasteiger partial charge in [-0.2, -0.15) is 0 Å². The molecule has 26 heavy (non-hydrogen) atoms. The second-order valence-corrected chi connectivity index (χ2v) is 6.84. The predicted molar refractivity (Wildman–Crippen MR) is 111 cm³/mol. The van der Waals surface area contributed by atoms with Crippen LogP contribution in [0.1, 0.15) is 81.5 Å². The standard InChI is InChI=1S/C23H32O2.H3N/c1-2-3-4-5-6-7-8-9-10-13-19-25-23(24)22-18-14-16-20-15-11-12-17-21(20)22;/h11-12,14-18H,2-10,13,19H2,1H3;1H3. The smallest absolute Gasteiger partial charge is 0.338 e. The van der Waals surface area contributed by atoms with Crippen LogP contribution in [-0.2, 0) is 4.74 Å². The molecule has 0 aliphatic carbocycles. The highest BCUT2D eigenvalue weighted by Crippen LogP contribution is 2.19. The van der Waals surface area contributed by atoms with Gasteiger partial charge in [-0.3, -0.25) is 0 Å². The van der Waals surface area contributed by atoms with Crippen LogP contribution in [0.3, 0.4) is 0 Å². The predicted octanol–water partition coefficient (Wildman–Crippen LogP) is 7.08. The molecule has 0 bridgehead atoms. The van der Waals surface area contributed by atoms with Gasteiger partial charge < -0.3 is 10.9 Å². The number of esters is 1. The van der Waals surface area contributed by atoms with Crippen LogP contribution in [-0.4, -0.2) is 12.6 Å². The number of hydrogen-bond acceptors (Lipinski definition) is 3. The third-order valence-electron chi connectivity index (χ3n) is 4.74. The summed E-state index contributed by atoms with van der Waals surface area (Å²) in [7, 11) is 0. The van der Waals surface area contributed by atoms with Gasteiger partial charge in [-0.05, 0) is 23.3 Å². The molecule has 144 valence electrons. The summed E-state index contributed by atoms with van der Waals surface area (Å²) >= 11 is 0. The summed E-state index contributed by atoms with van der Waals surface area (Å²) in [4.78, 5) is 12.3. The van der Waals surface area contributed by atoms with Gasteiger partial charge in [-0.1, -0.05) is 101 Å². The minimum atomic E-state index is -0.201. The normalized spacial score (nSPS) is 10.5. The molecule has 2 rings (SSSR count). The van der Waals surface area contributed by atoms with Gasteiger partial charge in [-0.15, -0.1) is 0 Å². The van der Waals surface area contributed by atoms with Crippen LogP contribution in [0.2, 0.25) is 0 Å². The molecule has 0 fully saturated rings. The molecule has 0 amide bonds. The van der Waals surface area contributed by atoms with E-state index in [4.69, 9.17) is 4.74 Å². The lowest BCUT2D eigenvalue weighted by molar-refractivity contribution is 0.0500. The zero-order valence-corrected chi connectivity index (χ0v) is 16.3. The molecule has 0 saturated carbocycles. The van der Waals surface area contributed by atoms with Crippen LogP contribution in [0, 0.1) is 0 Å². The van der Waals surface area contributed by atoms with Crippen LogP contribution in [0.4, 0.5) is 0 Å². The quantitative estimate of drug-likeness (QED) is 0.326. The highest BCUT2D eigenvalue weighted by Gasteiger charge is 2.10. The average Bonchev–Trinajstić information content (AvgIpc) is 2.65. The minimum absolute atomic E-state index is 0. The number of benzene rings is 2. The maximum absolute atomic E-state index is 12.3. The monoisotopic (exact) mass is 357 g/mol. The first-order valence-electron chi connectivity index (χ1n) is 9.98. The van der Waals surface area contributed by atoms with Gasteiger partial charge in [0.25, 0.3) is 0 Å². The summed E-state index contributed by atoms with van der Waals surface area (Å²) in [6.45, 7) is 2.78. The van der Waals surface area contributed by atoms with Crippen molar-refractivity contribution in [3.05, 3.63) is 48.0 Å². The van der Waals surface area contributed by atoms with Crippen molar-refractivity contribution in [1.29, 1.82) is 0 Å². The van der Waals surface area contributed by atoms with E-state index in [1.54, 1.807) is 0 Å². The van der Waals surface area contributed by atoms with Gasteiger partial charge in [0.1, 0.15) is 0 Å². The van der Waals surface area contributed by atoms with E-state index in [0.29, 0.717) is 12.2 Å². The lowest BCUT2D eigenvalue weighted by Crippen LogP contribution is -2.07. The van der Waals surface area contributed by atoms with Gasteiger partial charge in [-0.25, -0.2) is 4.79 Å². The summed E-state index contributed by atoms with van der Waals surface area (Å²) in [6, 6.07) is 13.7. The van der Waals surface area contributed by atoms with E-state index in [-0.39, 0.29) is 12.1 Å². The van der Waals surface area contributed by atoms with Crippen LogP contribution < -0.4 is 6.15 Å². The van der Waals surface area contributed by atoms with Crippen molar-refractivity contribution in [3.8, 4) is 0 Å². The molecule has 0 atom stereocenters. The van der Waals surface area contributed by atoms with Gasteiger partial charge >= 0.3 is 5.97 Å². The van der Waals surface area contributed by atoms with Crippen LogP contribution >= 0.6 is 0 Å². The van der Waals surface area contributed by atoms with Crippen LogP contribution in [0.15, 0.2) is 42.5 Å². The third kappa shape index (κ3) is 7.57. The highest BCUT2D eigenvalue weighted by molar-refractivity contribution is 6.04. The van der Waals surface area contributed by atoms with E-state index in [9.17, 15) is 4.79 Å². The third-order valence-corrected chi connectivity index (χ3v) is 4.74. The Morgan fingerprint density at radius 3 is 2.04 bits per heavy atom.